The zero-order valence-corrected chi connectivity index (χ0v) is 10.5. The van der Waals surface area contributed by atoms with Crippen LogP contribution in [0.2, 0.25) is 0 Å². The summed E-state index contributed by atoms with van der Waals surface area (Å²) < 4.78 is 5.23. The minimum absolute atomic E-state index is 0.326. The summed E-state index contributed by atoms with van der Waals surface area (Å²) in [6.45, 7) is 1.34. The third-order valence-electron chi connectivity index (χ3n) is 2.91. The molecule has 0 atom stereocenters. The molecule has 1 aliphatic heterocycles. The first kappa shape index (κ1) is 11.2. The number of thiophene rings is 1. The molecule has 2 aromatic heterocycles. The minimum atomic E-state index is -0.326. The molecule has 1 aliphatic rings. The van der Waals surface area contributed by atoms with E-state index in [2.05, 4.69) is 16.4 Å². The Morgan fingerprint density at radius 2 is 2.33 bits per heavy atom. The molecule has 0 aliphatic carbocycles. The Morgan fingerprint density at radius 3 is 3.17 bits per heavy atom. The number of hydrogen-bond donors (Lipinski definition) is 0. The van der Waals surface area contributed by atoms with E-state index in [-0.39, 0.29) is 6.09 Å². The molecule has 0 saturated carbocycles. The Labute approximate surface area is 109 Å². The standard InChI is InChI=1S/C13H12N2O2S/c16-13(17-12-3-1-2-6-14-12)15-7-4-10-5-8-18-11(10)9-15/h1-3,5-6,8H,4,7,9H2. The predicted molar refractivity (Wildman–Crippen MR) is 68.7 cm³/mol. The first-order valence-corrected chi connectivity index (χ1v) is 6.64. The first-order chi connectivity index (χ1) is 8.83. The molecule has 92 valence electrons. The molecule has 4 nitrogen and oxygen atoms in total. The molecular formula is C13H12N2O2S. The molecule has 0 spiro atoms. The van der Waals surface area contributed by atoms with E-state index in [1.165, 1.54) is 10.4 Å². The quantitative estimate of drug-likeness (QED) is 0.791. The average Bonchev–Trinajstić information content (AvgIpc) is 2.87. The summed E-state index contributed by atoms with van der Waals surface area (Å²) in [4.78, 5) is 18.9. The number of nitrogens with zero attached hydrogens (tertiary/aromatic N) is 2. The third-order valence-corrected chi connectivity index (χ3v) is 3.86. The highest BCUT2D eigenvalue weighted by Gasteiger charge is 2.23. The van der Waals surface area contributed by atoms with Crippen LogP contribution in [0.5, 0.6) is 5.88 Å². The van der Waals surface area contributed by atoms with E-state index in [1.807, 2.05) is 0 Å². The van der Waals surface area contributed by atoms with E-state index in [9.17, 15) is 4.79 Å². The van der Waals surface area contributed by atoms with Crippen LogP contribution in [0.25, 0.3) is 0 Å². The lowest BCUT2D eigenvalue weighted by atomic mass is 10.1. The van der Waals surface area contributed by atoms with Crippen LogP contribution in [0.1, 0.15) is 10.4 Å². The maximum Gasteiger partial charge on any atom is 0.416 e. The van der Waals surface area contributed by atoms with E-state index < -0.39 is 0 Å². The molecule has 1 amide bonds. The second-order valence-corrected chi connectivity index (χ2v) is 5.08. The van der Waals surface area contributed by atoms with Crippen molar-refractivity contribution in [2.24, 2.45) is 0 Å². The van der Waals surface area contributed by atoms with Crippen molar-refractivity contribution in [1.29, 1.82) is 0 Å². The van der Waals surface area contributed by atoms with Crippen LogP contribution in [0.4, 0.5) is 4.79 Å². The third kappa shape index (κ3) is 2.22. The normalized spacial score (nSPS) is 14.1. The van der Waals surface area contributed by atoms with Gasteiger partial charge in [0.1, 0.15) is 0 Å². The largest absolute Gasteiger partial charge is 0.416 e. The summed E-state index contributed by atoms with van der Waals surface area (Å²) in [6.07, 6.45) is 2.18. The number of carbonyl (C=O) groups is 1. The van der Waals surface area contributed by atoms with Gasteiger partial charge in [0.25, 0.3) is 0 Å². The number of hydrogen-bond acceptors (Lipinski definition) is 4. The molecule has 0 radical (unpaired) electrons. The minimum Gasteiger partial charge on any atom is -0.391 e. The highest BCUT2D eigenvalue weighted by Crippen LogP contribution is 2.24. The summed E-state index contributed by atoms with van der Waals surface area (Å²) in [5.41, 5.74) is 1.35. The number of ether oxygens (including phenoxy) is 1. The van der Waals surface area contributed by atoms with Crippen LogP contribution in [0.3, 0.4) is 0 Å². The van der Waals surface area contributed by atoms with E-state index in [0.717, 1.165) is 6.42 Å². The zero-order chi connectivity index (χ0) is 12.4. The number of amides is 1. The Balaban J connectivity index is 1.68. The molecule has 0 N–H and O–H groups in total. The van der Waals surface area contributed by atoms with Gasteiger partial charge in [-0.25, -0.2) is 9.78 Å². The van der Waals surface area contributed by atoms with Crippen LogP contribution in [-0.4, -0.2) is 22.5 Å². The van der Waals surface area contributed by atoms with Crippen LogP contribution in [0.15, 0.2) is 35.8 Å². The molecule has 2 aromatic rings. The monoisotopic (exact) mass is 260 g/mol. The van der Waals surface area contributed by atoms with E-state index in [0.29, 0.717) is 19.0 Å². The van der Waals surface area contributed by atoms with Crippen LogP contribution in [0, 0.1) is 0 Å². The Hall–Kier alpha value is -1.88. The van der Waals surface area contributed by atoms with Crippen LogP contribution in [-0.2, 0) is 13.0 Å². The van der Waals surface area contributed by atoms with Gasteiger partial charge in [-0.3, -0.25) is 0 Å². The van der Waals surface area contributed by atoms with Crippen molar-refractivity contribution in [3.8, 4) is 5.88 Å². The van der Waals surface area contributed by atoms with Crippen molar-refractivity contribution in [2.45, 2.75) is 13.0 Å². The molecule has 0 aromatic carbocycles. The topological polar surface area (TPSA) is 42.4 Å². The maximum absolute atomic E-state index is 12.0. The van der Waals surface area contributed by atoms with Gasteiger partial charge in [-0.15, -0.1) is 11.3 Å². The van der Waals surface area contributed by atoms with Gasteiger partial charge in [-0.05, 0) is 29.5 Å². The highest BCUT2D eigenvalue weighted by atomic mass is 32.1. The summed E-state index contributed by atoms with van der Waals surface area (Å²) >= 11 is 1.69. The van der Waals surface area contributed by atoms with Crippen molar-refractivity contribution in [1.82, 2.24) is 9.88 Å². The number of rotatable bonds is 1. The van der Waals surface area contributed by atoms with E-state index in [4.69, 9.17) is 4.74 Å². The SMILES string of the molecule is O=C(Oc1ccccn1)N1CCc2ccsc2C1. The lowest BCUT2D eigenvalue weighted by Gasteiger charge is -2.25. The van der Waals surface area contributed by atoms with Gasteiger partial charge >= 0.3 is 6.09 Å². The molecule has 0 bridgehead atoms. The average molecular weight is 260 g/mol. The number of fused-ring (bicyclic) bond motifs is 1. The molecule has 3 heterocycles. The number of pyridine rings is 1. The van der Waals surface area contributed by atoms with Gasteiger partial charge in [0, 0.05) is 23.7 Å². The molecule has 0 fully saturated rings. The lowest BCUT2D eigenvalue weighted by Crippen LogP contribution is -2.37. The van der Waals surface area contributed by atoms with E-state index in [1.54, 1.807) is 40.6 Å². The van der Waals surface area contributed by atoms with Gasteiger partial charge in [-0.2, -0.15) is 0 Å². The van der Waals surface area contributed by atoms with Gasteiger partial charge < -0.3 is 9.64 Å². The Morgan fingerprint density at radius 1 is 1.39 bits per heavy atom. The number of aromatic nitrogens is 1. The van der Waals surface area contributed by atoms with Gasteiger partial charge in [-0.1, -0.05) is 6.07 Å². The molecular weight excluding hydrogens is 248 g/mol. The summed E-state index contributed by atoms with van der Waals surface area (Å²) in [6, 6.07) is 7.39. The van der Waals surface area contributed by atoms with Crippen molar-refractivity contribution >= 4 is 17.4 Å². The predicted octanol–water partition coefficient (Wildman–Crippen LogP) is 2.70. The fraction of sp³-hybridized carbons (Fsp3) is 0.231. The fourth-order valence-corrected chi connectivity index (χ4v) is 2.90. The molecule has 5 heteroatoms. The van der Waals surface area contributed by atoms with E-state index >= 15 is 0 Å². The molecule has 3 rings (SSSR count). The Bertz CT molecular complexity index is 553. The smallest absolute Gasteiger partial charge is 0.391 e. The second kappa shape index (κ2) is 4.78. The summed E-state index contributed by atoms with van der Waals surface area (Å²) in [5.74, 6) is 0.347. The summed E-state index contributed by atoms with van der Waals surface area (Å²) in [7, 11) is 0. The number of carbonyl (C=O) groups excluding carboxylic acids is 1. The van der Waals surface area contributed by atoms with Gasteiger partial charge in [0.15, 0.2) is 0 Å². The maximum atomic E-state index is 12.0. The zero-order valence-electron chi connectivity index (χ0n) is 9.70. The molecule has 0 unspecified atom stereocenters. The van der Waals surface area contributed by atoms with Crippen molar-refractivity contribution in [3.05, 3.63) is 46.3 Å². The van der Waals surface area contributed by atoms with Crippen molar-refractivity contribution in [3.63, 3.8) is 0 Å². The van der Waals surface area contributed by atoms with Crippen LogP contribution < -0.4 is 4.74 Å². The van der Waals surface area contributed by atoms with Gasteiger partial charge in [0.05, 0.1) is 6.54 Å². The van der Waals surface area contributed by atoms with Crippen molar-refractivity contribution in [2.75, 3.05) is 6.54 Å². The lowest BCUT2D eigenvalue weighted by molar-refractivity contribution is 0.146. The van der Waals surface area contributed by atoms with Crippen LogP contribution >= 0.6 is 11.3 Å². The Kier molecular flexibility index (Phi) is 2.98. The fourth-order valence-electron chi connectivity index (χ4n) is 1.95. The highest BCUT2D eigenvalue weighted by molar-refractivity contribution is 7.10. The summed E-state index contributed by atoms with van der Waals surface area (Å²) in [5, 5.41) is 2.07. The first-order valence-electron chi connectivity index (χ1n) is 5.76. The van der Waals surface area contributed by atoms with Gasteiger partial charge in [0.2, 0.25) is 5.88 Å². The van der Waals surface area contributed by atoms with Crippen molar-refractivity contribution < 1.29 is 9.53 Å². The second-order valence-electron chi connectivity index (χ2n) is 4.08. The molecule has 0 saturated heterocycles. The molecule has 18 heavy (non-hydrogen) atoms.